The number of hydrogen-bond acceptors (Lipinski definition) is 5. The van der Waals surface area contributed by atoms with E-state index in [1.165, 1.54) is 19.3 Å². The first-order valence-electron chi connectivity index (χ1n) is 7.42. The van der Waals surface area contributed by atoms with Crippen LogP contribution in [0.25, 0.3) is 6.08 Å². The molecule has 0 unspecified atom stereocenters. The molecule has 2 rings (SSSR count). The largest absolute Gasteiger partial charge is 0.496 e. The van der Waals surface area contributed by atoms with Gasteiger partial charge >= 0.3 is 5.63 Å². The van der Waals surface area contributed by atoms with Crippen LogP contribution in [0.5, 0.6) is 5.75 Å². The summed E-state index contributed by atoms with van der Waals surface area (Å²) in [7, 11) is 1.40. The van der Waals surface area contributed by atoms with Gasteiger partial charge in [0.05, 0.1) is 13.2 Å². The maximum atomic E-state index is 12.3. The quantitative estimate of drug-likeness (QED) is 0.602. The molecule has 0 saturated carbocycles. The highest BCUT2D eigenvalue weighted by Gasteiger charge is 2.17. The van der Waals surface area contributed by atoms with E-state index in [4.69, 9.17) is 14.4 Å². The Labute approximate surface area is 139 Å². The molecule has 24 heavy (non-hydrogen) atoms. The Kier molecular flexibility index (Phi) is 5.69. The number of nitrogens with zero attached hydrogens (tertiary/aromatic N) is 1. The Hall–Kier alpha value is -3.13. The van der Waals surface area contributed by atoms with Crippen molar-refractivity contribution in [3.63, 3.8) is 0 Å². The standard InChI is InChI=1S/C19H17NO4/c1-13-11-17(23-2)18(19(22)24-13)16(21)9-8-15-6-3-5-14(12-15)7-4-10-20/h3,5-6,8-9,11-12H,4,7H2,1-2H3. The van der Waals surface area contributed by atoms with Crippen LogP contribution in [-0.2, 0) is 6.42 Å². The smallest absolute Gasteiger partial charge is 0.351 e. The molecule has 122 valence electrons. The van der Waals surface area contributed by atoms with Crippen molar-refractivity contribution in [2.24, 2.45) is 0 Å². The van der Waals surface area contributed by atoms with Crippen LogP contribution >= 0.6 is 0 Å². The molecule has 0 radical (unpaired) electrons. The zero-order chi connectivity index (χ0) is 17.5. The number of allylic oxidation sites excluding steroid dienone is 1. The van der Waals surface area contributed by atoms with E-state index in [2.05, 4.69) is 6.07 Å². The van der Waals surface area contributed by atoms with E-state index in [1.807, 2.05) is 24.3 Å². The maximum absolute atomic E-state index is 12.3. The summed E-state index contributed by atoms with van der Waals surface area (Å²) in [6.07, 6.45) is 4.03. The summed E-state index contributed by atoms with van der Waals surface area (Å²) in [4.78, 5) is 24.2. The second-order valence-corrected chi connectivity index (χ2v) is 5.19. The number of nitriles is 1. The van der Waals surface area contributed by atoms with Crippen molar-refractivity contribution in [2.45, 2.75) is 19.8 Å². The summed E-state index contributed by atoms with van der Waals surface area (Å²) in [5.74, 6) is 0.0896. The van der Waals surface area contributed by atoms with E-state index >= 15 is 0 Å². The van der Waals surface area contributed by atoms with Crippen LogP contribution in [0.2, 0.25) is 0 Å². The maximum Gasteiger partial charge on any atom is 0.351 e. The SMILES string of the molecule is COc1cc(C)oc(=O)c1C(=O)C=Cc1cccc(CCC#N)c1. The van der Waals surface area contributed by atoms with Gasteiger partial charge in [-0.15, -0.1) is 0 Å². The van der Waals surface area contributed by atoms with Crippen LogP contribution in [0.3, 0.4) is 0 Å². The lowest BCUT2D eigenvalue weighted by Crippen LogP contribution is -2.14. The van der Waals surface area contributed by atoms with Gasteiger partial charge in [-0.05, 0) is 30.5 Å². The van der Waals surface area contributed by atoms with Crippen molar-refractivity contribution in [3.05, 3.63) is 69.3 Å². The van der Waals surface area contributed by atoms with Crippen LogP contribution in [0.1, 0.15) is 33.7 Å². The monoisotopic (exact) mass is 323 g/mol. The Balaban J connectivity index is 2.26. The van der Waals surface area contributed by atoms with Gasteiger partial charge in [0, 0.05) is 12.5 Å². The Morgan fingerprint density at radius 1 is 1.38 bits per heavy atom. The number of aryl methyl sites for hydroxylation is 2. The lowest BCUT2D eigenvalue weighted by Gasteiger charge is -2.04. The normalized spacial score (nSPS) is 10.5. The molecule has 0 spiro atoms. The van der Waals surface area contributed by atoms with Crippen LogP contribution in [-0.4, -0.2) is 12.9 Å². The minimum atomic E-state index is -0.718. The topological polar surface area (TPSA) is 80.3 Å². The molecule has 1 aromatic carbocycles. The van der Waals surface area contributed by atoms with E-state index in [0.29, 0.717) is 18.6 Å². The Morgan fingerprint density at radius 2 is 2.17 bits per heavy atom. The summed E-state index contributed by atoms with van der Waals surface area (Å²) in [6.45, 7) is 1.61. The summed E-state index contributed by atoms with van der Waals surface area (Å²) in [5.41, 5.74) is 0.983. The molecule has 5 heteroatoms. The predicted molar refractivity (Wildman–Crippen MR) is 90.0 cm³/mol. The third-order valence-electron chi connectivity index (χ3n) is 3.41. The summed E-state index contributed by atoms with van der Waals surface area (Å²) in [5, 5.41) is 8.63. The molecule has 1 aromatic heterocycles. The molecule has 0 fully saturated rings. The molecule has 0 saturated heterocycles. The highest BCUT2D eigenvalue weighted by Crippen LogP contribution is 2.18. The number of carbonyl (C=O) groups excluding carboxylic acids is 1. The van der Waals surface area contributed by atoms with Crippen molar-refractivity contribution in [1.29, 1.82) is 5.26 Å². The fourth-order valence-corrected chi connectivity index (χ4v) is 2.27. The third kappa shape index (κ3) is 4.20. The van der Waals surface area contributed by atoms with Crippen molar-refractivity contribution >= 4 is 11.9 Å². The Bertz CT molecular complexity index is 872. The van der Waals surface area contributed by atoms with Gasteiger partial charge in [0.15, 0.2) is 5.78 Å². The van der Waals surface area contributed by atoms with E-state index in [-0.39, 0.29) is 11.3 Å². The van der Waals surface area contributed by atoms with E-state index < -0.39 is 11.4 Å². The Morgan fingerprint density at radius 3 is 2.88 bits per heavy atom. The highest BCUT2D eigenvalue weighted by molar-refractivity contribution is 6.08. The molecule has 0 aliphatic heterocycles. The molecule has 0 atom stereocenters. The van der Waals surface area contributed by atoms with E-state index in [1.54, 1.807) is 13.0 Å². The molecule has 2 aromatic rings. The number of methoxy groups -OCH3 is 1. The lowest BCUT2D eigenvalue weighted by molar-refractivity contribution is 0.104. The average Bonchev–Trinajstić information content (AvgIpc) is 2.57. The molecular formula is C19H17NO4. The van der Waals surface area contributed by atoms with Crippen molar-refractivity contribution in [1.82, 2.24) is 0 Å². The minimum Gasteiger partial charge on any atom is -0.496 e. The van der Waals surface area contributed by atoms with Crippen LogP contribution in [0, 0.1) is 18.3 Å². The van der Waals surface area contributed by atoms with Gasteiger partial charge in [-0.3, -0.25) is 4.79 Å². The van der Waals surface area contributed by atoms with Gasteiger partial charge in [0.25, 0.3) is 0 Å². The zero-order valence-electron chi connectivity index (χ0n) is 13.5. The molecule has 1 heterocycles. The van der Waals surface area contributed by atoms with Crippen LogP contribution in [0.15, 0.2) is 45.6 Å². The number of ketones is 1. The van der Waals surface area contributed by atoms with Gasteiger partial charge in [0.1, 0.15) is 17.1 Å². The van der Waals surface area contributed by atoms with E-state index in [0.717, 1.165) is 11.1 Å². The van der Waals surface area contributed by atoms with Crippen molar-refractivity contribution in [3.8, 4) is 11.8 Å². The molecule has 0 aliphatic rings. The number of carbonyl (C=O) groups is 1. The minimum absolute atomic E-state index is 0.125. The number of rotatable bonds is 6. The highest BCUT2D eigenvalue weighted by atomic mass is 16.5. The summed E-state index contributed by atoms with van der Waals surface area (Å²) in [6, 6.07) is 11.1. The number of hydrogen-bond donors (Lipinski definition) is 0. The fourth-order valence-electron chi connectivity index (χ4n) is 2.27. The number of benzene rings is 1. The van der Waals surface area contributed by atoms with Crippen LogP contribution in [0.4, 0.5) is 0 Å². The molecule has 0 aliphatic carbocycles. The molecule has 0 N–H and O–H groups in total. The van der Waals surface area contributed by atoms with Crippen molar-refractivity contribution in [2.75, 3.05) is 7.11 Å². The molecule has 0 bridgehead atoms. The van der Waals surface area contributed by atoms with Gasteiger partial charge in [0.2, 0.25) is 0 Å². The van der Waals surface area contributed by atoms with Crippen LogP contribution < -0.4 is 10.4 Å². The zero-order valence-corrected chi connectivity index (χ0v) is 13.5. The van der Waals surface area contributed by atoms with Gasteiger partial charge in [-0.1, -0.05) is 30.3 Å². The number of ether oxygens (including phenoxy) is 1. The first kappa shape index (κ1) is 17.2. The lowest BCUT2D eigenvalue weighted by atomic mass is 10.1. The predicted octanol–water partition coefficient (Wildman–Crippen LogP) is 3.31. The third-order valence-corrected chi connectivity index (χ3v) is 3.41. The van der Waals surface area contributed by atoms with E-state index in [9.17, 15) is 9.59 Å². The average molecular weight is 323 g/mol. The fraction of sp³-hybridized carbons (Fsp3) is 0.211. The summed E-state index contributed by atoms with van der Waals surface area (Å²) >= 11 is 0. The van der Waals surface area contributed by atoms with Gasteiger partial charge in [-0.2, -0.15) is 5.26 Å². The molecular weight excluding hydrogens is 306 g/mol. The first-order valence-corrected chi connectivity index (χ1v) is 7.42. The van der Waals surface area contributed by atoms with Gasteiger partial charge < -0.3 is 9.15 Å². The molecule has 0 amide bonds. The van der Waals surface area contributed by atoms with Gasteiger partial charge in [-0.25, -0.2) is 4.79 Å². The second kappa shape index (κ2) is 7.93. The van der Waals surface area contributed by atoms with Crippen molar-refractivity contribution < 1.29 is 13.9 Å². The second-order valence-electron chi connectivity index (χ2n) is 5.19. The summed E-state index contributed by atoms with van der Waals surface area (Å²) < 4.78 is 10.1. The molecule has 5 nitrogen and oxygen atoms in total. The first-order chi connectivity index (χ1) is 11.5.